The number of thioether (sulfide) groups is 1. The number of nitrogens with one attached hydrogen (secondary N) is 1. The summed E-state index contributed by atoms with van der Waals surface area (Å²) in [4.78, 5) is 26.0. The van der Waals surface area contributed by atoms with E-state index >= 15 is 0 Å². The first-order valence-electron chi connectivity index (χ1n) is 9.92. The Morgan fingerprint density at radius 2 is 1.90 bits per heavy atom. The maximum atomic E-state index is 13.1. The molecule has 0 saturated carbocycles. The predicted molar refractivity (Wildman–Crippen MR) is 127 cm³/mol. The number of rotatable bonds is 5. The second-order valence-corrected chi connectivity index (χ2v) is 9.25. The Balaban J connectivity index is 1.49. The fourth-order valence-electron chi connectivity index (χ4n) is 3.96. The van der Waals surface area contributed by atoms with Crippen molar-refractivity contribution in [2.75, 3.05) is 18.2 Å². The lowest BCUT2D eigenvalue weighted by Gasteiger charge is -2.17. The lowest BCUT2D eigenvalue weighted by molar-refractivity contribution is -0.118. The number of pyridine rings is 1. The Kier molecular flexibility index (Phi) is 5.29. The van der Waals surface area contributed by atoms with Crippen LogP contribution in [0, 0.1) is 0 Å². The minimum Gasteiger partial charge on any atom is -0.494 e. The molecule has 3 heterocycles. The zero-order valence-corrected chi connectivity index (χ0v) is 18.5. The number of hydrogen-bond donors (Lipinski definition) is 1. The van der Waals surface area contributed by atoms with E-state index < -0.39 is 6.04 Å². The topological polar surface area (TPSA) is 60.3 Å². The van der Waals surface area contributed by atoms with Crippen molar-refractivity contribution in [2.24, 2.45) is 0 Å². The summed E-state index contributed by atoms with van der Waals surface area (Å²) in [5.74, 6) is 0.975. The van der Waals surface area contributed by atoms with Crippen LogP contribution in [0.1, 0.15) is 17.2 Å². The molecule has 156 valence electrons. The lowest BCUT2D eigenvalue weighted by Crippen LogP contribution is -2.32. The number of methoxy groups -OCH3 is 1. The van der Waals surface area contributed by atoms with Crippen LogP contribution in [0.3, 0.4) is 0 Å². The molecule has 5 rings (SSSR count). The average Bonchev–Trinajstić information content (AvgIpc) is 3.40. The third-order valence-corrected chi connectivity index (χ3v) is 7.57. The molecule has 1 amide bonds. The molecule has 1 atom stereocenters. The molecule has 31 heavy (non-hydrogen) atoms. The molecule has 1 aliphatic rings. The van der Waals surface area contributed by atoms with E-state index in [-0.39, 0.29) is 11.5 Å². The second-order valence-electron chi connectivity index (χ2n) is 7.33. The largest absolute Gasteiger partial charge is 0.494 e. The van der Waals surface area contributed by atoms with Gasteiger partial charge in [-0.05, 0) is 34.5 Å². The number of nitrogens with zero attached hydrogens (tertiary/aromatic N) is 1. The van der Waals surface area contributed by atoms with Crippen LogP contribution >= 0.6 is 23.1 Å². The van der Waals surface area contributed by atoms with Crippen LogP contribution in [-0.2, 0) is 11.2 Å². The highest BCUT2D eigenvalue weighted by atomic mass is 32.2. The first-order valence-corrected chi connectivity index (χ1v) is 11.8. The molecule has 0 fully saturated rings. The van der Waals surface area contributed by atoms with Gasteiger partial charge in [-0.15, -0.1) is 23.1 Å². The van der Waals surface area contributed by atoms with Gasteiger partial charge in [-0.25, -0.2) is 0 Å². The minimum absolute atomic E-state index is 0.177. The van der Waals surface area contributed by atoms with Crippen LogP contribution in [0.15, 0.2) is 75.9 Å². The summed E-state index contributed by atoms with van der Waals surface area (Å²) in [5.41, 5.74) is 2.55. The van der Waals surface area contributed by atoms with E-state index in [1.54, 1.807) is 29.1 Å². The third kappa shape index (κ3) is 3.64. The van der Waals surface area contributed by atoms with Gasteiger partial charge in [-0.2, -0.15) is 0 Å². The number of para-hydroxylation sites is 1. The fourth-order valence-corrected chi connectivity index (χ4v) is 6.24. The minimum atomic E-state index is -0.572. The molecule has 0 saturated heterocycles. The first-order chi connectivity index (χ1) is 15.2. The van der Waals surface area contributed by atoms with E-state index in [4.69, 9.17) is 4.74 Å². The van der Waals surface area contributed by atoms with Crippen LogP contribution < -0.4 is 15.6 Å². The number of carbonyl (C=O) groups excluding carboxylic acids is 1. The van der Waals surface area contributed by atoms with Crippen LogP contribution in [-0.4, -0.2) is 23.3 Å². The number of hydrogen-bond acceptors (Lipinski definition) is 5. The van der Waals surface area contributed by atoms with E-state index in [9.17, 15) is 9.59 Å². The molecule has 0 unspecified atom stereocenters. The zero-order valence-electron chi connectivity index (χ0n) is 16.8. The summed E-state index contributed by atoms with van der Waals surface area (Å²) in [6.45, 7) is 0. The maximum Gasteiger partial charge on any atom is 0.252 e. The van der Waals surface area contributed by atoms with Gasteiger partial charge < -0.3 is 10.1 Å². The zero-order chi connectivity index (χ0) is 21.4. The van der Waals surface area contributed by atoms with E-state index in [0.29, 0.717) is 23.6 Å². The number of thiophene rings is 1. The van der Waals surface area contributed by atoms with Gasteiger partial charge in [0.05, 0.1) is 7.11 Å². The Bertz CT molecular complexity index is 1330. The van der Waals surface area contributed by atoms with Crippen molar-refractivity contribution < 1.29 is 9.53 Å². The molecule has 4 aromatic rings. The van der Waals surface area contributed by atoms with Crippen molar-refractivity contribution in [1.82, 2.24) is 4.57 Å². The van der Waals surface area contributed by atoms with Crippen molar-refractivity contribution in [3.63, 3.8) is 0 Å². The first kappa shape index (κ1) is 19.9. The van der Waals surface area contributed by atoms with Crippen molar-refractivity contribution in [3.05, 3.63) is 87.5 Å². The summed E-state index contributed by atoms with van der Waals surface area (Å²) in [7, 11) is 1.62. The predicted octanol–water partition coefficient (Wildman–Crippen LogP) is 4.95. The molecule has 2 aromatic carbocycles. The maximum absolute atomic E-state index is 13.1. The monoisotopic (exact) mass is 448 g/mol. The molecule has 7 heteroatoms. The fraction of sp³-hybridized carbons (Fsp3) is 0.167. The molecule has 0 bridgehead atoms. The van der Waals surface area contributed by atoms with Gasteiger partial charge in [0, 0.05) is 34.2 Å². The highest BCUT2D eigenvalue weighted by Crippen LogP contribution is 2.41. The third-order valence-electron chi connectivity index (χ3n) is 5.42. The number of aromatic nitrogens is 1. The van der Waals surface area contributed by atoms with Gasteiger partial charge in [0.15, 0.2) is 5.75 Å². The lowest BCUT2D eigenvalue weighted by atomic mass is 10.0. The highest BCUT2D eigenvalue weighted by molar-refractivity contribution is 7.99. The summed E-state index contributed by atoms with van der Waals surface area (Å²) in [5, 5.41) is 6.96. The Morgan fingerprint density at radius 3 is 2.71 bits per heavy atom. The van der Waals surface area contributed by atoms with E-state index in [1.165, 1.54) is 27.4 Å². The summed E-state index contributed by atoms with van der Waals surface area (Å²) < 4.78 is 8.53. The molecule has 0 spiro atoms. The molecule has 0 radical (unpaired) electrons. The second kappa shape index (κ2) is 8.24. The molecule has 1 aliphatic heterocycles. The van der Waals surface area contributed by atoms with Crippen molar-refractivity contribution >= 4 is 44.8 Å². The average molecular weight is 449 g/mol. The normalized spacial score (nSPS) is 15.1. The number of amides is 1. The number of carbonyl (C=O) groups is 1. The van der Waals surface area contributed by atoms with Crippen LogP contribution in [0.25, 0.3) is 10.1 Å². The quantitative estimate of drug-likeness (QED) is 0.469. The summed E-state index contributed by atoms with van der Waals surface area (Å²) >= 11 is 3.19. The van der Waals surface area contributed by atoms with Gasteiger partial charge in [0.1, 0.15) is 11.1 Å². The van der Waals surface area contributed by atoms with Gasteiger partial charge in [0.2, 0.25) is 5.91 Å². The van der Waals surface area contributed by atoms with Gasteiger partial charge >= 0.3 is 0 Å². The smallest absolute Gasteiger partial charge is 0.252 e. The van der Waals surface area contributed by atoms with Crippen LogP contribution in [0.5, 0.6) is 5.75 Å². The van der Waals surface area contributed by atoms with Gasteiger partial charge in [0.25, 0.3) is 5.56 Å². The number of fused-ring (bicyclic) bond motifs is 2. The Labute approximate surface area is 187 Å². The number of anilines is 1. The molecule has 0 aliphatic carbocycles. The van der Waals surface area contributed by atoms with Gasteiger partial charge in [-0.3, -0.25) is 14.2 Å². The van der Waals surface area contributed by atoms with Crippen molar-refractivity contribution in [2.45, 2.75) is 17.5 Å². The van der Waals surface area contributed by atoms with Crippen LogP contribution in [0.4, 0.5) is 5.69 Å². The van der Waals surface area contributed by atoms with Crippen LogP contribution in [0.2, 0.25) is 0 Å². The van der Waals surface area contributed by atoms with E-state index in [0.717, 1.165) is 10.6 Å². The molecule has 1 N–H and O–H groups in total. The van der Waals surface area contributed by atoms with Crippen molar-refractivity contribution in [3.8, 4) is 5.75 Å². The Hall–Kier alpha value is -3.03. The van der Waals surface area contributed by atoms with E-state index in [1.807, 2.05) is 42.5 Å². The molecule has 2 aromatic heterocycles. The summed E-state index contributed by atoms with van der Waals surface area (Å²) in [6.07, 6.45) is 0.609. The molecular weight excluding hydrogens is 428 g/mol. The standard InChI is InChI=1S/C24H20N2O3S2/c1-29-22-15(11-16-13-30-20-10-6-5-9-18(16)20)12-21(27)26-19(14-31-24(22)26)23(28)25-17-7-3-2-4-8-17/h2-10,12-13,19H,11,14H2,1H3,(H,25,28)/t19-/m0/s1. The number of ether oxygens (including phenoxy) is 1. The van der Waals surface area contributed by atoms with Gasteiger partial charge in [-0.1, -0.05) is 36.4 Å². The highest BCUT2D eigenvalue weighted by Gasteiger charge is 2.33. The summed E-state index contributed by atoms with van der Waals surface area (Å²) in [6, 6.07) is 18.6. The Morgan fingerprint density at radius 1 is 1.13 bits per heavy atom. The number of benzene rings is 2. The molecular formula is C24H20N2O3S2. The van der Waals surface area contributed by atoms with E-state index in [2.05, 4.69) is 22.8 Å². The van der Waals surface area contributed by atoms with Crippen molar-refractivity contribution in [1.29, 1.82) is 0 Å². The molecule has 5 nitrogen and oxygen atoms in total. The SMILES string of the molecule is COc1c(Cc2csc3ccccc23)cc(=O)n2c1SC[C@H]2C(=O)Nc1ccccc1.